The Morgan fingerprint density at radius 3 is 2.34 bits per heavy atom. The smallest absolute Gasteiger partial charge is 0.258 e. The number of fused-ring (bicyclic) bond motifs is 2. The van der Waals surface area contributed by atoms with Gasteiger partial charge in [-0.25, -0.2) is 4.98 Å². The molecule has 5 aromatic rings. The van der Waals surface area contributed by atoms with Gasteiger partial charge in [0.05, 0.1) is 17.9 Å². The molecule has 0 spiro atoms. The van der Waals surface area contributed by atoms with Crippen LogP contribution in [0.2, 0.25) is 0 Å². The van der Waals surface area contributed by atoms with E-state index in [1.807, 2.05) is 97.1 Å². The van der Waals surface area contributed by atoms with E-state index < -0.39 is 0 Å². The monoisotopic (exact) mass is 496 g/mol. The molecule has 0 radical (unpaired) electrons. The van der Waals surface area contributed by atoms with E-state index in [4.69, 9.17) is 0 Å². The van der Waals surface area contributed by atoms with Crippen molar-refractivity contribution in [3.63, 3.8) is 0 Å². The molecule has 0 saturated heterocycles. The molecule has 0 saturated carbocycles. The molecular formula is C32H24N4O2. The van der Waals surface area contributed by atoms with Gasteiger partial charge in [-0.05, 0) is 53.1 Å². The maximum atomic E-state index is 13.8. The van der Waals surface area contributed by atoms with Crippen LogP contribution in [0.3, 0.4) is 0 Å². The molecule has 6 nitrogen and oxygen atoms in total. The highest BCUT2D eigenvalue weighted by atomic mass is 16.2. The molecule has 2 heterocycles. The summed E-state index contributed by atoms with van der Waals surface area (Å²) < 4.78 is 0. The van der Waals surface area contributed by atoms with Crippen LogP contribution < -0.4 is 15.5 Å². The van der Waals surface area contributed by atoms with Crippen molar-refractivity contribution in [3.05, 3.63) is 138 Å². The number of para-hydroxylation sites is 3. The first-order valence-electron chi connectivity index (χ1n) is 12.3. The van der Waals surface area contributed by atoms with E-state index in [1.54, 1.807) is 29.3 Å². The summed E-state index contributed by atoms with van der Waals surface area (Å²) >= 11 is 0. The molecule has 2 amide bonds. The van der Waals surface area contributed by atoms with Crippen LogP contribution in [0.15, 0.2) is 121 Å². The van der Waals surface area contributed by atoms with Crippen LogP contribution in [-0.4, -0.2) is 16.8 Å². The van der Waals surface area contributed by atoms with Gasteiger partial charge in [0.2, 0.25) is 0 Å². The normalized spacial score (nSPS) is 11.9. The number of pyridine rings is 1. The van der Waals surface area contributed by atoms with Crippen LogP contribution >= 0.6 is 0 Å². The Labute approximate surface area is 220 Å². The van der Waals surface area contributed by atoms with Crippen molar-refractivity contribution in [3.8, 4) is 11.1 Å². The number of aromatic nitrogens is 1. The molecule has 38 heavy (non-hydrogen) atoms. The number of hydrogen-bond acceptors (Lipinski definition) is 4. The highest BCUT2D eigenvalue weighted by molar-refractivity contribution is 6.11. The minimum Gasteiger partial charge on any atom is -0.354 e. The molecule has 6 heteroatoms. The average Bonchev–Trinajstić information content (AvgIpc) is 3.14. The lowest BCUT2D eigenvalue weighted by Gasteiger charge is -2.23. The van der Waals surface area contributed by atoms with E-state index in [-0.39, 0.29) is 11.8 Å². The summed E-state index contributed by atoms with van der Waals surface area (Å²) in [5.41, 5.74) is 6.35. The lowest BCUT2D eigenvalue weighted by Crippen LogP contribution is -2.30. The second-order valence-corrected chi connectivity index (χ2v) is 8.99. The largest absolute Gasteiger partial charge is 0.354 e. The van der Waals surface area contributed by atoms with Crippen LogP contribution in [0.5, 0.6) is 0 Å². The zero-order valence-electron chi connectivity index (χ0n) is 20.5. The Morgan fingerprint density at radius 2 is 1.47 bits per heavy atom. The summed E-state index contributed by atoms with van der Waals surface area (Å²) in [6.07, 6.45) is 1.54. The number of carbonyl (C=O) groups excluding carboxylic acids is 2. The van der Waals surface area contributed by atoms with E-state index in [1.165, 1.54) is 0 Å². The standard InChI is InChI=1S/C32H24N4O2/c37-31(26-14-6-5-13-25(26)22-10-2-1-3-11-22)35-30-20-23(18-19-33-30)32(38)36-21-24-12-4-7-15-27(24)34-28-16-8-9-17-29(28)36/h1-20,34H,21H2,(H,33,35,37). The van der Waals surface area contributed by atoms with Gasteiger partial charge in [0.25, 0.3) is 11.8 Å². The van der Waals surface area contributed by atoms with E-state index in [0.717, 1.165) is 33.8 Å². The van der Waals surface area contributed by atoms with Crippen LogP contribution in [0.1, 0.15) is 26.3 Å². The second kappa shape index (κ2) is 10.0. The molecule has 6 rings (SSSR count). The molecule has 4 aromatic carbocycles. The second-order valence-electron chi connectivity index (χ2n) is 8.99. The molecule has 0 unspecified atom stereocenters. The van der Waals surface area contributed by atoms with Crippen molar-refractivity contribution in [2.24, 2.45) is 0 Å². The van der Waals surface area contributed by atoms with Gasteiger partial charge >= 0.3 is 0 Å². The first-order valence-corrected chi connectivity index (χ1v) is 12.3. The first kappa shape index (κ1) is 23.2. The topological polar surface area (TPSA) is 74.3 Å². The van der Waals surface area contributed by atoms with Crippen LogP contribution in [0.25, 0.3) is 11.1 Å². The van der Waals surface area contributed by atoms with Crippen molar-refractivity contribution < 1.29 is 9.59 Å². The number of anilines is 4. The summed E-state index contributed by atoms with van der Waals surface area (Å²) in [6, 6.07) is 36.2. The zero-order valence-corrected chi connectivity index (χ0v) is 20.5. The third-order valence-corrected chi connectivity index (χ3v) is 6.56. The average molecular weight is 497 g/mol. The molecule has 1 aliphatic heterocycles. The van der Waals surface area contributed by atoms with E-state index in [2.05, 4.69) is 15.6 Å². The van der Waals surface area contributed by atoms with Gasteiger partial charge in [-0.3, -0.25) is 9.59 Å². The van der Waals surface area contributed by atoms with Crippen molar-refractivity contribution in [1.82, 2.24) is 4.98 Å². The highest BCUT2D eigenvalue weighted by Gasteiger charge is 2.25. The molecule has 0 bridgehead atoms. The summed E-state index contributed by atoms with van der Waals surface area (Å²) in [6.45, 7) is 0.410. The van der Waals surface area contributed by atoms with Gasteiger partial charge in [0, 0.05) is 23.0 Å². The van der Waals surface area contributed by atoms with Gasteiger partial charge < -0.3 is 15.5 Å². The number of carbonyl (C=O) groups is 2. The summed E-state index contributed by atoms with van der Waals surface area (Å²) in [7, 11) is 0. The summed E-state index contributed by atoms with van der Waals surface area (Å²) in [5, 5.41) is 6.33. The summed E-state index contributed by atoms with van der Waals surface area (Å²) in [4.78, 5) is 33.2. The minimum atomic E-state index is -0.292. The predicted octanol–water partition coefficient (Wildman–Crippen LogP) is 6.90. The van der Waals surface area contributed by atoms with Gasteiger partial charge in [0.15, 0.2) is 0 Å². The molecule has 184 valence electrons. The van der Waals surface area contributed by atoms with Crippen LogP contribution in [0, 0.1) is 0 Å². The first-order chi connectivity index (χ1) is 18.7. The molecule has 0 fully saturated rings. The lowest BCUT2D eigenvalue weighted by atomic mass is 9.99. The quantitative estimate of drug-likeness (QED) is 0.284. The van der Waals surface area contributed by atoms with Gasteiger partial charge in [-0.2, -0.15) is 0 Å². The number of amides is 2. The van der Waals surface area contributed by atoms with Crippen LogP contribution in [0.4, 0.5) is 22.9 Å². The van der Waals surface area contributed by atoms with E-state index in [9.17, 15) is 9.59 Å². The fraction of sp³-hybridized carbons (Fsp3) is 0.0312. The molecule has 0 atom stereocenters. The number of nitrogens with one attached hydrogen (secondary N) is 2. The van der Waals surface area contributed by atoms with Gasteiger partial charge in [-0.15, -0.1) is 0 Å². The molecule has 1 aromatic heterocycles. The van der Waals surface area contributed by atoms with Gasteiger partial charge in [-0.1, -0.05) is 78.9 Å². The van der Waals surface area contributed by atoms with E-state index >= 15 is 0 Å². The Hall–Kier alpha value is -5.23. The zero-order chi connectivity index (χ0) is 25.9. The lowest BCUT2D eigenvalue weighted by molar-refractivity contribution is 0.0982. The summed E-state index contributed by atoms with van der Waals surface area (Å²) in [5.74, 6) is -0.163. The fourth-order valence-electron chi connectivity index (χ4n) is 4.70. The third-order valence-electron chi connectivity index (χ3n) is 6.56. The van der Waals surface area contributed by atoms with Crippen molar-refractivity contribution in [2.45, 2.75) is 6.54 Å². The Morgan fingerprint density at radius 1 is 0.763 bits per heavy atom. The third kappa shape index (κ3) is 4.51. The van der Waals surface area contributed by atoms with Gasteiger partial charge in [0.1, 0.15) is 5.82 Å². The van der Waals surface area contributed by atoms with Crippen molar-refractivity contribution in [1.29, 1.82) is 0 Å². The predicted molar refractivity (Wildman–Crippen MR) is 151 cm³/mol. The van der Waals surface area contributed by atoms with E-state index in [0.29, 0.717) is 23.5 Å². The van der Waals surface area contributed by atoms with Crippen molar-refractivity contribution in [2.75, 3.05) is 15.5 Å². The maximum Gasteiger partial charge on any atom is 0.258 e. The van der Waals surface area contributed by atoms with Crippen LogP contribution in [-0.2, 0) is 6.54 Å². The molecule has 1 aliphatic rings. The fourth-order valence-corrected chi connectivity index (χ4v) is 4.70. The highest BCUT2D eigenvalue weighted by Crippen LogP contribution is 2.36. The number of rotatable bonds is 4. The Kier molecular flexibility index (Phi) is 6.12. The molecule has 0 aliphatic carbocycles. The van der Waals surface area contributed by atoms with Crippen molar-refractivity contribution >= 4 is 34.7 Å². The Bertz CT molecular complexity index is 1650. The maximum absolute atomic E-state index is 13.8. The minimum absolute atomic E-state index is 0.182. The number of hydrogen-bond donors (Lipinski definition) is 2. The number of benzene rings is 4. The molecular weight excluding hydrogens is 472 g/mol. The SMILES string of the molecule is O=C(Nc1cc(C(=O)N2Cc3ccccc3Nc3ccccc32)ccn1)c1ccccc1-c1ccccc1. The molecule has 2 N–H and O–H groups in total. The Balaban J connectivity index is 1.30. The number of nitrogens with zero attached hydrogens (tertiary/aromatic N) is 2.